The number of rotatable bonds is 6. The van der Waals surface area contributed by atoms with E-state index in [4.69, 9.17) is 0 Å². The first-order chi connectivity index (χ1) is 10.4. The number of fused-ring (bicyclic) bond motifs is 1. The summed E-state index contributed by atoms with van der Waals surface area (Å²) in [5.74, 6) is 0.702. The van der Waals surface area contributed by atoms with Gasteiger partial charge in [-0.05, 0) is 45.2 Å². The molecular weight excluding hydrogens is 304 g/mol. The number of amides is 1. The van der Waals surface area contributed by atoms with Crippen LogP contribution in [-0.4, -0.2) is 80.7 Å². The molecule has 1 amide bonds. The number of nitrogens with zero attached hydrogens (tertiary/aromatic N) is 3. The summed E-state index contributed by atoms with van der Waals surface area (Å²) in [6, 6.07) is 0. The zero-order valence-electron chi connectivity index (χ0n) is 13.8. The molecule has 0 bridgehead atoms. The van der Waals surface area contributed by atoms with E-state index in [1.165, 1.54) is 11.4 Å². The molecule has 2 aliphatic rings. The van der Waals surface area contributed by atoms with Crippen molar-refractivity contribution in [2.75, 3.05) is 52.9 Å². The number of carbonyl (C=O) groups is 1. The third kappa shape index (κ3) is 3.61. The monoisotopic (exact) mass is 332 g/mol. The molecule has 2 heterocycles. The number of hydrogen-bond donors (Lipinski definition) is 1. The Labute approximate surface area is 133 Å². The van der Waals surface area contributed by atoms with E-state index >= 15 is 0 Å². The summed E-state index contributed by atoms with van der Waals surface area (Å²) < 4.78 is 28.1. The van der Waals surface area contributed by atoms with Crippen molar-refractivity contribution in [3.8, 4) is 0 Å². The number of likely N-dealkylation sites (N-methyl/N-ethyl adjacent to an activating group) is 2. The van der Waals surface area contributed by atoms with Gasteiger partial charge in [-0.1, -0.05) is 0 Å². The topological polar surface area (TPSA) is 73.0 Å². The molecule has 0 aliphatic carbocycles. The highest BCUT2D eigenvalue weighted by Crippen LogP contribution is 2.30. The zero-order chi connectivity index (χ0) is 16.3. The molecule has 0 radical (unpaired) electrons. The van der Waals surface area contributed by atoms with Gasteiger partial charge in [0.05, 0.1) is 6.54 Å². The Morgan fingerprint density at radius 3 is 2.45 bits per heavy atom. The Morgan fingerprint density at radius 2 is 1.86 bits per heavy atom. The molecule has 7 nitrogen and oxygen atoms in total. The summed E-state index contributed by atoms with van der Waals surface area (Å²) in [5.41, 5.74) is 0. The molecule has 2 rings (SSSR count). The summed E-state index contributed by atoms with van der Waals surface area (Å²) in [4.78, 5) is 13.8. The Kier molecular flexibility index (Phi) is 5.81. The third-order valence-electron chi connectivity index (χ3n) is 4.84. The standard InChI is InChI=1S/C14H28N4O3S/c1-4-17(5-2)14(19)11-16(3)22(20,21)18-9-12-6-7-15-8-13(12)10-18/h12-13,15H,4-11H2,1-3H3/t12-,13+/m0/s1. The maximum absolute atomic E-state index is 12.7. The van der Waals surface area contributed by atoms with Gasteiger partial charge in [0.2, 0.25) is 5.91 Å². The normalized spacial score (nSPS) is 26.2. The second-order valence-electron chi connectivity index (χ2n) is 6.16. The van der Waals surface area contributed by atoms with Gasteiger partial charge in [-0.2, -0.15) is 17.0 Å². The summed E-state index contributed by atoms with van der Waals surface area (Å²) in [6.45, 7) is 7.90. The lowest BCUT2D eigenvalue weighted by Crippen LogP contribution is -2.46. The maximum atomic E-state index is 12.7. The molecule has 0 aromatic heterocycles. The van der Waals surface area contributed by atoms with Gasteiger partial charge in [-0.15, -0.1) is 0 Å². The lowest BCUT2D eigenvalue weighted by atomic mass is 9.90. The van der Waals surface area contributed by atoms with Crippen molar-refractivity contribution < 1.29 is 13.2 Å². The van der Waals surface area contributed by atoms with Crippen LogP contribution in [0.3, 0.4) is 0 Å². The van der Waals surface area contributed by atoms with Crippen LogP contribution in [0.2, 0.25) is 0 Å². The molecule has 0 aromatic rings. The van der Waals surface area contributed by atoms with Gasteiger partial charge >= 0.3 is 0 Å². The maximum Gasteiger partial charge on any atom is 0.282 e. The minimum absolute atomic E-state index is 0.0892. The van der Waals surface area contributed by atoms with E-state index in [0.29, 0.717) is 38.0 Å². The molecule has 128 valence electrons. The van der Waals surface area contributed by atoms with Gasteiger partial charge in [0.15, 0.2) is 0 Å². The Morgan fingerprint density at radius 1 is 1.23 bits per heavy atom. The summed E-state index contributed by atoms with van der Waals surface area (Å²) in [7, 11) is -2.05. The fourth-order valence-corrected chi connectivity index (χ4v) is 4.79. The molecule has 2 atom stereocenters. The second-order valence-corrected chi connectivity index (χ2v) is 8.20. The van der Waals surface area contributed by atoms with Gasteiger partial charge in [0.1, 0.15) is 0 Å². The van der Waals surface area contributed by atoms with Crippen molar-refractivity contribution in [1.29, 1.82) is 0 Å². The third-order valence-corrected chi connectivity index (χ3v) is 6.70. The van der Waals surface area contributed by atoms with Crippen LogP contribution >= 0.6 is 0 Å². The van der Waals surface area contributed by atoms with Gasteiger partial charge in [-0.25, -0.2) is 0 Å². The SMILES string of the molecule is CCN(CC)C(=O)CN(C)S(=O)(=O)N1C[C@H]2CNCC[C@H]2C1. The molecule has 1 N–H and O–H groups in total. The average molecular weight is 332 g/mol. The molecule has 0 spiro atoms. The van der Waals surface area contributed by atoms with E-state index in [1.807, 2.05) is 13.8 Å². The van der Waals surface area contributed by atoms with Crippen LogP contribution in [0.1, 0.15) is 20.3 Å². The molecule has 0 unspecified atom stereocenters. The van der Waals surface area contributed by atoms with Crippen LogP contribution in [0, 0.1) is 11.8 Å². The first-order valence-corrected chi connectivity index (χ1v) is 9.49. The largest absolute Gasteiger partial charge is 0.342 e. The van der Waals surface area contributed by atoms with E-state index in [0.717, 1.165) is 19.5 Å². The van der Waals surface area contributed by atoms with Crippen LogP contribution in [0.15, 0.2) is 0 Å². The van der Waals surface area contributed by atoms with Crippen LogP contribution in [-0.2, 0) is 15.0 Å². The lowest BCUT2D eigenvalue weighted by molar-refractivity contribution is -0.130. The van der Waals surface area contributed by atoms with Crippen molar-refractivity contribution in [3.63, 3.8) is 0 Å². The predicted octanol–water partition coefficient (Wildman–Crippen LogP) is -0.427. The minimum atomic E-state index is -3.55. The number of carbonyl (C=O) groups excluding carboxylic acids is 1. The highest BCUT2D eigenvalue weighted by atomic mass is 32.2. The smallest absolute Gasteiger partial charge is 0.282 e. The van der Waals surface area contributed by atoms with Crippen molar-refractivity contribution >= 4 is 16.1 Å². The highest BCUT2D eigenvalue weighted by molar-refractivity contribution is 7.86. The lowest BCUT2D eigenvalue weighted by Gasteiger charge is -2.26. The fraction of sp³-hybridized carbons (Fsp3) is 0.929. The number of nitrogens with one attached hydrogen (secondary N) is 1. The Bertz CT molecular complexity index is 478. The Balaban J connectivity index is 1.99. The number of hydrogen-bond acceptors (Lipinski definition) is 4. The van der Waals surface area contributed by atoms with Crippen LogP contribution < -0.4 is 5.32 Å². The van der Waals surface area contributed by atoms with Crippen LogP contribution in [0.25, 0.3) is 0 Å². The van der Waals surface area contributed by atoms with E-state index in [-0.39, 0.29) is 12.5 Å². The first-order valence-electron chi connectivity index (χ1n) is 8.10. The molecule has 8 heteroatoms. The predicted molar refractivity (Wildman–Crippen MR) is 85.5 cm³/mol. The second kappa shape index (κ2) is 7.25. The number of piperidine rings is 1. The van der Waals surface area contributed by atoms with Crippen molar-refractivity contribution in [2.24, 2.45) is 11.8 Å². The highest BCUT2D eigenvalue weighted by Gasteiger charge is 2.41. The molecule has 2 aliphatic heterocycles. The zero-order valence-corrected chi connectivity index (χ0v) is 14.6. The summed E-state index contributed by atoms with van der Waals surface area (Å²) >= 11 is 0. The average Bonchev–Trinajstić information content (AvgIpc) is 2.93. The molecule has 22 heavy (non-hydrogen) atoms. The van der Waals surface area contributed by atoms with E-state index in [9.17, 15) is 13.2 Å². The summed E-state index contributed by atoms with van der Waals surface area (Å²) in [6.07, 6.45) is 1.03. The van der Waals surface area contributed by atoms with E-state index < -0.39 is 10.2 Å². The molecular formula is C14H28N4O3S. The minimum Gasteiger partial charge on any atom is -0.342 e. The van der Waals surface area contributed by atoms with Crippen LogP contribution in [0.5, 0.6) is 0 Å². The van der Waals surface area contributed by atoms with Crippen molar-refractivity contribution in [3.05, 3.63) is 0 Å². The van der Waals surface area contributed by atoms with Gasteiger partial charge < -0.3 is 10.2 Å². The van der Waals surface area contributed by atoms with Crippen molar-refractivity contribution in [2.45, 2.75) is 20.3 Å². The first kappa shape index (κ1) is 17.7. The van der Waals surface area contributed by atoms with E-state index in [2.05, 4.69) is 5.32 Å². The van der Waals surface area contributed by atoms with Crippen LogP contribution in [0.4, 0.5) is 0 Å². The van der Waals surface area contributed by atoms with E-state index in [1.54, 1.807) is 9.21 Å². The molecule has 2 saturated heterocycles. The van der Waals surface area contributed by atoms with Crippen molar-refractivity contribution in [1.82, 2.24) is 18.8 Å². The van der Waals surface area contributed by atoms with Gasteiger partial charge in [0, 0.05) is 33.2 Å². The Hall–Kier alpha value is -0.700. The quantitative estimate of drug-likeness (QED) is 0.717. The van der Waals surface area contributed by atoms with Gasteiger partial charge in [-0.3, -0.25) is 4.79 Å². The molecule has 0 saturated carbocycles. The molecule has 0 aromatic carbocycles. The molecule has 2 fully saturated rings. The fourth-order valence-electron chi connectivity index (χ4n) is 3.36. The summed E-state index contributed by atoms with van der Waals surface area (Å²) in [5, 5.41) is 3.32. The van der Waals surface area contributed by atoms with Gasteiger partial charge in [0.25, 0.3) is 10.2 Å².